The minimum Gasteiger partial charge on any atom is -0.494 e. The van der Waals surface area contributed by atoms with Crippen molar-refractivity contribution >= 4 is 17.5 Å². The van der Waals surface area contributed by atoms with E-state index in [1.54, 1.807) is 6.08 Å². The predicted molar refractivity (Wildman–Crippen MR) is 98.8 cm³/mol. The lowest BCUT2D eigenvalue weighted by Crippen LogP contribution is -2.46. The second-order valence-corrected chi connectivity index (χ2v) is 6.81. The topological polar surface area (TPSA) is 90.8 Å². The highest BCUT2D eigenvalue weighted by Gasteiger charge is 2.33. The zero-order valence-corrected chi connectivity index (χ0v) is 15.6. The molecule has 1 aliphatic carbocycles. The highest BCUT2D eigenvalue weighted by Crippen LogP contribution is 2.35. The summed E-state index contributed by atoms with van der Waals surface area (Å²) in [6.07, 6.45) is 4.05. The van der Waals surface area contributed by atoms with Gasteiger partial charge in [-0.05, 0) is 29.9 Å². The molecule has 9 heteroatoms. The second kappa shape index (κ2) is 8.30. The lowest BCUT2D eigenvalue weighted by Gasteiger charge is -2.35. The number of benzene rings is 1. The number of hydrogen-bond acceptors (Lipinski definition) is 5. The number of ether oxygens (including phenoxy) is 1. The largest absolute Gasteiger partial charge is 0.494 e. The number of rotatable bonds is 6. The van der Waals surface area contributed by atoms with Gasteiger partial charge in [-0.25, -0.2) is 8.78 Å². The number of carbonyl (C=O) groups is 1. The van der Waals surface area contributed by atoms with Crippen LogP contribution in [0.2, 0.25) is 5.02 Å². The maximum Gasteiger partial charge on any atom is 0.244 e. The number of hydrogen-bond donors (Lipinski definition) is 4. The summed E-state index contributed by atoms with van der Waals surface area (Å²) in [5, 5.41) is 25.0. The predicted octanol–water partition coefficient (Wildman–Crippen LogP) is 1.89. The van der Waals surface area contributed by atoms with Crippen LogP contribution in [0.3, 0.4) is 0 Å². The third-order valence-corrected chi connectivity index (χ3v) is 5.05. The van der Waals surface area contributed by atoms with Gasteiger partial charge in [0.2, 0.25) is 5.91 Å². The number of fused-ring (bicyclic) bond motifs is 1. The van der Waals surface area contributed by atoms with Crippen molar-refractivity contribution in [3.05, 3.63) is 64.4 Å². The van der Waals surface area contributed by atoms with E-state index in [1.807, 2.05) is 0 Å². The molecule has 2 unspecified atom stereocenters. The van der Waals surface area contributed by atoms with Crippen molar-refractivity contribution in [3.8, 4) is 5.75 Å². The Morgan fingerprint density at radius 3 is 2.82 bits per heavy atom. The number of nitrogens with one attached hydrogen (secondary N) is 2. The molecule has 6 nitrogen and oxygen atoms in total. The van der Waals surface area contributed by atoms with E-state index in [1.165, 1.54) is 37.5 Å². The van der Waals surface area contributed by atoms with Gasteiger partial charge in [0.05, 0.1) is 30.8 Å². The zero-order chi connectivity index (χ0) is 20.4. The monoisotopic (exact) mass is 412 g/mol. The van der Waals surface area contributed by atoms with E-state index in [4.69, 9.17) is 16.3 Å². The summed E-state index contributed by atoms with van der Waals surface area (Å²) in [6, 6.07) is 1.14. The number of methoxy groups -OCH3 is 1. The maximum absolute atomic E-state index is 14.4. The minimum absolute atomic E-state index is 0.0742. The van der Waals surface area contributed by atoms with Gasteiger partial charge >= 0.3 is 0 Å². The van der Waals surface area contributed by atoms with Crippen LogP contribution in [0.5, 0.6) is 5.75 Å². The van der Waals surface area contributed by atoms with Gasteiger partial charge in [-0.2, -0.15) is 0 Å². The first-order valence-corrected chi connectivity index (χ1v) is 8.88. The molecule has 0 fully saturated rings. The molecule has 0 spiro atoms. The van der Waals surface area contributed by atoms with Crippen molar-refractivity contribution in [2.45, 2.75) is 18.2 Å². The normalized spacial score (nSPS) is 23.1. The molecule has 0 radical (unpaired) electrons. The summed E-state index contributed by atoms with van der Waals surface area (Å²) in [5.74, 6) is -2.24. The van der Waals surface area contributed by atoms with E-state index in [2.05, 4.69) is 10.6 Å². The van der Waals surface area contributed by atoms with Gasteiger partial charge in [0.1, 0.15) is 11.9 Å². The van der Waals surface area contributed by atoms with Gasteiger partial charge in [-0.15, -0.1) is 0 Å². The Kier molecular flexibility index (Phi) is 6.02. The molecular formula is C19H19ClF2N2O4. The van der Waals surface area contributed by atoms with E-state index < -0.39 is 42.4 Å². The fourth-order valence-corrected chi connectivity index (χ4v) is 3.54. The zero-order valence-electron chi connectivity index (χ0n) is 14.8. The number of amides is 1. The third-order valence-electron chi connectivity index (χ3n) is 4.67. The number of aliphatic hydroxyl groups excluding tert-OH is 2. The van der Waals surface area contributed by atoms with Gasteiger partial charge < -0.3 is 25.6 Å². The molecular weight excluding hydrogens is 394 g/mol. The SMILES string of the molecule is COc1ccc([C@H](NC2=CC(F)=CC3NC(=O)C=CC23)[C@H](O)CO)c(Cl)c1F. The van der Waals surface area contributed by atoms with Crippen LogP contribution in [0.4, 0.5) is 8.78 Å². The molecule has 1 heterocycles. The second-order valence-electron chi connectivity index (χ2n) is 6.43. The van der Waals surface area contributed by atoms with Crippen molar-refractivity contribution < 1.29 is 28.5 Å². The molecule has 4 N–H and O–H groups in total. The van der Waals surface area contributed by atoms with Gasteiger partial charge in [0.15, 0.2) is 11.6 Å². The number of aliphatic hydroxyl groups is 2. The number of halogens is 3. The van der Waals surface area contributed by atoms with Crippen LogP contribution in [0, 0.1) is 11.7 Å². The number of allylic oxidation sites excluding steroid dienone is 2. The highest BCUT2D eigenvalue weighted by atomic mass is 35.5. The van der Waals surface area contributed by atoms with E-state index in [9.17, 15) is 23.8 Å². The molecule has 1 aliphatic heterocycles. The quantitative estimate of drug-likeness (QED) is 0.573. The summed E-state index contributed by atoms with van der Waals surface area (Å²) in [5.41, 5.74) is 0.504. The van der Waals surface area contributed by atoms with Crippen molar-refractivity contribution in [1.82, 2.24) is 10.6 Å². The van der Waals surface area contributed by atoms with Crippen LogP contribution in [-0.4, -0.2) is 42.0 Å². The lowest BCUT2D eigenvalue weighted by atomic mass is 9.87. The Balaban J connectivity index is 1.98. The van der Waals surface area contributed by atoms with Crippen LogP contribution in [-0.2, 0) is 4.79 Å². The van der Waals surface area contributed by atoms with Crippen molar-refractivity contribution in [2.75, 3.05) is 13.7 Å². The van der Waals surface area contributed by atoms with E-state index in [0.29, 0.717) is 5.70 Å². The van der Waals surface area contributed by atoms with Gasteiger partial charge in [0.25, 0.3) is 0 Å². The molecule has 0 aromatic heterocycles. The molecule has 150 valence electrons. The molecule has 1 amide bonds. The van der Waals surface area contributed by atoms with Crippen molar-refractivity contribution in [2.24, 2.45) is 5.92 Å². The standard InChI is InChI=1S/C19H19ClF2N2O4/c1-28-15-4-2-11(17(20)18(15)22)19(14(26)8-25)24-13-7-9(21)6-12-10(13)3-5-16(27)23-12/h2-7,10,12,14,19,24-26H,8H2,1H3,(H,23,27)/t10?,12?,14-,19+/m1/s1. The van der Waals surface area contributed by atoms with E-state index >= 15 is 0 Å². The van der Waals surface area contributed by atoms with E-state index in [-0.39, 0.29) is 22.2 Å². The first-order valence-electron chi connectivity index (χ1n) is 8.50. The molecule has 0 bridgehead atoms. The first kappa shape index (κ1) is 20.3. The van der Waals surface area contributed by atoms with Gasteiger partial charge in [0, 0.05) is 11.6 Å². The summed E-state index contributed by atoms with van der Waals surface area (Å²) in [6.45, 7) is -0.645. The summed E-state index contributed by atoms with van der Waals surface area (Å²) in [7, 11) is 1.29. The Hall–Kier alpha value is -2.42. The van der Waals surface area contributed by atoms with E-state index in [0.717, 1.165) is 0 Å². The van der Waals surface area contributed by atoms with Crippen LogP contribution in [0.25, 0.3) is 0 Å². The van der Waals surface area contributed by atoms with Crippen molar-refractivity contribution in [3.63, 3.8) is 0 Å². The lowest BCUT2D eigenvalue weighted by molar-refractivity contribution is -0.117. The fraction of sp³-hybridized carbons (Fsp3) is 0.316. The molecule has 0 saturated heterocycles. The van der Waals surface area contributed by atoms with Crippen molar-refractivity contribution in [1.29, 1.82) is 0 Å². The smallest absolute Gasteiger partial charge is 0.244 e. The van der Waals surface area contributed by atoms with Gasteiger partial charge in [-0.3, -0.25) is 4.79 Å². The van der Waals surface area contributed by atoms with Crippen LogP contribution in [0.1, 0.15) is 11.6 Å². The average Bonchev–Trinajstić information content (AvgIpc) is 2.67. The fourth-order valence-electron chi connectivity index (χ4n) is 3.27. The van der Waals surface area contributed by atoms with Gasteiger partial charge in [-0.1, -0.05) is 23.7 Å². The molecule has 28 heavy (non-hydrogen) atoms. The maximum atomic E-state index is 14.4. The molecule has 4 atom stereocenters. The average molecular weight is 413 g/mol. The Bertz CT molecular complexity index is 872. The molecule has 3 rings (SSSR count). The van der Waals surface area contributed by atoms with Crippen LogP contribution in [0.15, 0.2) is 48.0 Å². The summed E-state index contributed by atoms with van der Waals surface area (Å²) < 4.78 is 33.3. The Morgan fingerprint density at radius 2 is 2.14 bits per heavy atom. The first-order chi connectivity index (χ1) is 13.3. The van der Waals surface area contributed by atoms with Crippen LogP contribution >= 0.6 is 11.6 Å². The van der Waals surface area contributed by atoms with Crippen LogP contribution < -0.4 is 15.4 Å². The minimum atomic E-state index is -1.36. The molecule has 1 aromatic rings. The third kappa shape index (κ3) is 3.89. The Labute approximate surface area is 165 Å². The molecule has 1 aromatic carbocycles. The molecule has 0 saturated carbocycles. The highest BCUT2D eigenvalue weighted by molar-refractivity contribution is 6.31. The summed E-state index contributed by atoms with van der Waals surface area (Å²) >= 11 is 6.11. The summed E-state index contributed by atoms with van der Waals surface area (Å²) in [4.78, 5) is 11.5. The Morgan fingerprint density at radius 1 is 1.39 bits per heavy atom. The number of carbonyl (C=O) groups excluding carboxylic acids is 1. The molecule has 2 aliphatic rings.